The van der Waals surface area contributed by atoms with E-state index in [1.165, 1.54) is 0 Å². The van der Waals surface area contributed by atoms with Crippen molar-refractivity contribution in [2.24, 2.45) is 0 Å². The van der Waals surface area contributed by atoms with Gasteiger partial charge in [0.2, 0.25) is 10.0 Å². The molecule has 2 aromatic rings. The molecule has 0 amide bonds. The predicted octanol–water partition coefficient (Wildman–Crippen LogP) is -0.743. The fourth-order valence-corrected chi connectivity index (χ4v) is 2.26. The van der Waals surface area contributed by atoms with Crippen LogP contribution in [0.2, 0.25) is 0 Å². The molecule has 2 heterocycles. The molecule has 0 saturated carbocycles. The molecule has 0 aliphatic carbocycles. The third kappa shape index (κ3) is 3.86. The van der Waals surface area contributed by atoms with Crippen molar-refractivity contribution in [3.8, 4) is 0 Å². The highest BCUT2D eigenvalue weighted by molar-refractivity contribution is 7.89. The Balaban J connectivity index is 1.84. The molecule has 8 nitrogen and oxygen atoms in total. The largest absolute Gasteiger partial charge is 0.261 e. The lowest BCUT2D eigenvalue weighted by Crippen LogP contribution is -2.27. The zero-order chi connectivity index (χ0) is 12.8. The molecule has 0 aliphatic heterocycles. The maximum absolute atomic E-state index is 11.7. The molecule has 0 atom stereocenters. The van der Waals surface area contributed by atoms with Crippen molar-refractivity contribution in [2.45, 2.75) is 13.0 Å². The van der Waals surface area contributed by atoms with Crippen LogP contribution in [0.3, 0.4) is 0 Å². The molecule has 2 aromatic heterocycles. The molecule has 0 unspecified atom stereocenters. The van der Waals surface area contributed by atoms with Crippen molar-refractivity contribution in [3.63, 3.8) is 0 Å². The molecule has 0 bridgehead atoms. The fraction of sp³-hybridized carbons (Fsp3) is 0.333. The van der Waals surface area contributed by atoms with Gasteiger partial charge in [-0.05, 0) is 12.1 Å². The van der Waals surface area contributed by atoms with E-state index in [-0.39, 0.29) is 12.3 Å². The van der Waals surface area contributed by atoms with E-state index in [1.54, 1.807) is 18.3 Å². The maximum atomic E-state index is 11.7. The molecule has 18 heavy (non-hydrogen) atoms. The minimum atomic E-state index is -3.37. The lowest BCUT2D eigenvalue weighted by Gasteiger charge is -2.04. The number of rotatable bonds is 6. The number of nitrogens with zero attached hydrogens (tertiary/aromatic N) is 4. The third-order valence-electron chi connectivity index (χ3n) is 2.19. The Hall–Kier alpha value is -1.87. The Labute approximate surface area is 104 Å². The van der Waals surface area contributed by atoms with Gasteiger partial charge < -0.3 is 0 Å². The van der Waals surface area contributed by atoms with Gasteiger partial charge >= 0.3 is 0 Å². The number of hydrogen-bond acceptors (Lipinski definition) is 6. The summed E-state index contributed by atoms with van der Waals surface area (Å²) in [6.07, 6.45) is 2.00. The number of H-pyrrole nitrogens is 1. The summed E-state index contributed by atoms with van der Waals surface area (Å²) in [5.41, 5.74) is 0.738. The highest BCUT2D eigenvalue weighted by Gasteiger charge is 2.11. The van der Waals surface area contributed by atoms with Crippen molar-refractivity contribution in [3.05, 3.63) is 35.9 Å². The van der Waals surface area contributed by atoms with Gasteiger partial charge in [0.25, 0.3) is 0 Å². The van der Waals surface area contributed by atoms with Gasteiger partial charge in [0.05, 0.1) is 12.3 Å². The van der Waals surface area contributed by atoms with Gasteiger partial charge in [-0.2, -0.15) is 5.21 Å². The van der Waals surface area contributed by atoms with Crippen LogP contribution in [0.4, 0.5) is 0 Å². The van der Waals surface area contributed by atoms with Crippen LogP contribution in [-0.4, -0.2) is 39.8 Å². The zero-order valence-corrected chi connectivity index (χ0v) is 10.3. The van der Waals surface area contributed by atoms with Crippen molar-refractivity contribution in [1.29, 1.82) is 0 Å². The van der Waals surface area contributed by atoms with Crippen molar-refractivity contribution < 1.29 is 8.42 Å². The zero-order valence-electron chi connectivity index (χ0n) is 9.44. The third-order valence-corrected chi connectivity index (χ3v) is 3.52. The molecular formula is C9H12N6O2S. The van der Waals surface area contributed by atoms with Crippen molar-refractivity contribution >= 4 is 10.0 Å². The van der Waals surface area contributed by atoms with E-state index < -0.39 is 10.0 Å². The number of hydrogen-bond donors (Lipinski definition) is 2. The Kier molecular flexibility index (Phi) is 3.95. The van der Waals surface area contributed by atoms with Crippen molar-refractivity contribution in [1.82, 2.24) is 30.3 Å². The van der Waals surface area contributed by atoms with Crippen LogP contribution in [0, 0.1) is 0 Å². The molecule has 0 fully saturated rings. The fourth-order valence-electron chi connectivity index (χ4n) is 1.29. The normalized spacial score (nSPS) is 11.6. The average molecular weight is 268 g/mol. The molecule has 9 heteroatoms. The molecule has 0 radical (unpaired) electrons. The molecular weight excluding hydrogens is 256 g/mol. The molecule has 2 rings (SSSR count). The van der Waals surface area contributed by atoms with E-state index in [0.717, 1.165) is 5.69 Å². The summed E-state index contributed by atoms with van der Waals surface area (Å²) in [6.45, 7) is 0.0288. The average Bonchev–Trinajstić information content (AvgIpc) is 2.89. The van der Waals surface area contributed by atoms with E-state index >= 15 is 0 Å². The minimum Gasteiger partial charge on any atom is -0.261 e. The Morgan fingerprint density at radius 1 is 1.33 bits per heavy atom. The molecule has 2 N–H and O–H groups in total. The van der Waals surface area contributed by atoms with Crippen LogP contribution in [0.15, 0.2) is 24.4 Å². The lowest BCUT2D eigenvalue weighted by molar-refractivity contribution is 0.578. The van der Waals surface area contributed by atoms with Crippen LogP contribution in [0.25, 0.3) is 0 Å². The smallest absolute Gasteiger partial charge is 0.212 e. The van der Waals surface area contributed by atoms with Gasteiger partial charge in [-0.25, -0.2) is 13.1 Å². The van der Waals surface area contributed by atoms with Crippen LogP contribution in [0.1, 0.15) is 11.5 Å². The van der Waals surface area contributed by atoms with E-state index in [4.69, 9.17) is 0 Å². The van der Waals surface area contributed by atoms with Gasteiger partial charge in [0.1, 0.15) is 0 Å². The number of nitrogens with one attached hydrogen (secondary N) is 2. The molecule has 96 valence electrons. The number of pyridine rings is 1. The highest BCUT2D eigenvalue weighted by atomic mass is 32.2. The SMILES string of the molecule is O=S(=O)(CCc1ccccn1)NCc1nn[nH]n1. The Morgan fingerprint density at radius 3 is 2.89 bits per heavy atom. The molecule has 0 saturated heterocycles. The summed E-state index contributed by atoms with van der Waals surface area (Å²) < 4.78 is 25.7. The first kappa shape index (κ1) is 12.6. The summed E-state index contributed by atoms with van der Waals surface area (Å²) in [4.78, 5) is 4.06. The Morgan fingerprint density at radius 2 is 2.22 bits per heavy atom. The Bertz CT molecular complexity index is 568. The summed E-state index contributed by atoms with van der Waals surface area (Å²) in [6, 6.07) is 5.39. The molecule has 0 aromatic carbocycles. The second-order valence-electron chi connectivity index (χ2n) is 3.54. The maximum Gasteiger partial charge on any atom is 0.212 e. The first-order valence-corrected chi connectivity index (χ1v) is 6.90. The van der Waals surface area contributed by atoms with E-state index in [1.807, 2.05) is 6.07 Å². The first-order valence-electron chi connectivity index (χ1n) is 5.25. The number of aryl methyl sites for hydroxylation is 1. The summed E-state index contributed by atoms with van der Waals surface area (Å²) >= 11 is 0. The topological polar surface area (TPSA) is 114 Å². The highest BCUT2D eigenvalue weighted by Crippen LogP contribution is 1.98. The van der Waals surface area contributed by atoms with Gasteiger partial charge in [-0.1, -0.05) is 11.3 Å². The van der Waals surface area contributed by atoms with E-state index in [2.05, 4.69) is 30.3 Å². The standard InChI is InChI=1S/C9H12N6O2S/c16-18(17,11-7-9-12-14-15-13-9)6-4-8-3-1-2-5-10-8/h1-3,5,11H,4,6-7H2,(H,12,13,14,15). The summed E-state index contributed by atoms with van der Waals surface area (Å²) in [5.74, 6) is 0.276. The van der Waals surface area contributed by atoms with Gasteiger partial charge in [0, 0.05) is 18.3 Å². The molecule has 0 aliphatic rings. The predicted molar refractivity (Wildman–Crippen MR) is 62.7 cm³/mol. The summed E-state index contributed by atoms with van der Waals surface area (Å²) in [5, 5.41) is 12.9. The van der Waals surface area contributed by atoms with Gasteiger partial charge in [0.15, 0.2) is 5.82 Å². The quantitative estimate of drug-likeness (QED) is 0.713. The number of sulfonamides is 1. The second kappa shape index (κ2) is 5.65. The first-order chi connectivity index (χ1) is 8.66. The van der Waals surface area contributed by atoms with E-state index in [0.29, 0.717) is 12.2 Å². The van der Waals surface area contributed by atoms with E-state index in [9.17, 15) is 8.42 Å². The minimum absolute atomic E-state index is 0.0259. The van der Waals surface area contributed by atoms with Crippen LogP contribution >= 0.6 is 0 Å². The second-order valence-corrected chi connectivity index (χ2v) is 5.47. The molecule has 0 spiro atoms. The number of tetrazole rings is 1. The van der Waals surface area contributed by atoms with Crippen LogP contribution in [0.5, 0.6) is 0 Å². The van der Waals surface area contributed by atoms with Crippen LogP contribution < -0.4 is 4.72 Å². The van der Waals surface area contributed by atoms with Crippen molar-refractivity contribution in [2.75, 3.05) is 5.75 Å². The van der Waals surface area contributed by atoms with Gasteiger partial charge in [-0.3, -0.25) is 4.98 Å². The van der Waals surface area contributed by atoms with Crippen LogP contribution in [-0.2, 0) is 23.0 Å². The number of aromatic amines is 1. The number of aromatic nitrogens is 5. The summed E-state index contributed by atoms with van der Waals surface area (Å²) in [7, 11) is -3.37. The van der Waals surface area contributed by atoms with Gasteiger partial charge in [-0.15, -0.1) is 10.2 Å². The monoisotopic (exact) mass is 268 g/mol. The lowest BCUT2D eigenvalue weighted by atomic mass is 10.3.